The minimum absolute atomic E-state index is 0.0822. The zero-order chi connectivity index (χ0) is 28.0. The highest BCUT2D eigenvalue weighted by Crippen LogP contribution is 2.32. The molecule has 0 aliphatic carbocycles. The Hall–Kier alpha value is -4.40. The highest BCUT2D eigenvalue weighted by Gasteiger charge is 2.21. The monoisotopic (exact) mass is 570 g/mol. The summed E-state index contributed by atoms with van der Waals surface area (Å²) in [7, 11) is 1.60. The van der Waals surface area contributed by atoms with Crippen molar-refractivity contribution in [3.63, 3.8) is 0 Å². The summed E-state index contributed by atoms with van der Waals surface area (Å²) in [5, 5.41) is 12.6. The highest BCUT2D eigenvalue weighted by molar-refractivity contribution is 6.33. The molecule has 0 amide bonds. The molecule has 0 atom stereocenters. The maximum atomic E-state index is 15.7. The Morgan fingerprint density at radius 1 is 0.949 bits per heavy atom. The fraction of sp³-hybridized carbons (Fsp3) is 0.115. The van der Waals surface area contributed by atoms with E-state index in [1.165, 1.54) is 35.3 Å². The van der Waals surface area contributed by atoms with Crippen molar-refractivity contribution >= 4 is 34.1 Å². The van der Waals surface area contributed by atoms with Gasteiger partial charge in [0.1, 0.15) is 12.1 Å². The van der Waals surface area contributed by atoms with Crippen LogP contribution in [0.15, 0.2) is 58.4 Å². The van der Waals surface area contributed by atoms with E-state index in [1.54, 1.807) is 7.05 Å². The minimum atomic E-state index is -1.26. The summed E-state index contributed by atoms with van der Waals surface area (Å²) in [5.74, 6) is -3.35. The van der Waals surface area contributed by atoms with Gasteiger partial charge in [-0.15, -0.1) is 0 Å². The van der Waals surface area contributed by atoms with Crippen LogP contribution in [0.2, 0.25) is 10.0 Å². The Labute approximate surface area is 227 Å². The number of nitriles is 1. The molecule has 0 bridgehead atoms. The SMILES string of the molecule is Cn1cnc(Cn2c(=O)c3c(F)cc(-c4cc(C#N)ccc4Cl)cc3n(Cc3cc(F)c(F)c(Cl)c3)c2=O)n1. The van der Waals surface area contributed by atoms with Gasteiger partial charge in [0.2, 0.25) is 0 Å². The van der Waals surface area contributed by atoms with Crippen molar-refractivity contribution in [1.29, 1.82) is 5.26 Å². The fourth-order valence-corrected chi connectivity index (χ4v) is 4.69. The number of rotatable bonds is 5. The van der Waals surface area contributed by atoms with E-state index in [1.807, 2.05) is 6.07 Å². The number of aromatic nitrogens is 5. The van der Waals surface area contributed by atoms with Crippen LogP contribution < -0.4 is 11.2 Å². The van der Waals surface area contributed by atoms with E-state index >= 15 is 4.39 Å². The Balaban J connectivity index is 1.81. The van der Waals surface area contributed by atoms with Crippen LogP contribution in [0.25, 0.3) is 22.0 Å². The van der Waals surface area contributed by atoms with E-state index in [2.05, 4.69) is 10.1 Å². The first-order chi connectivity index (χ1) is 18.6. The van der Waals surface area contributed by atoms with Crippen molar-refractivity contribution in [3.05, 3.63) is 114 Å². The van der Waals surface area contributed by atoms with Gasteiger partial charge in [0.25, 0.3) is 5.56 Å². The summed E-state index contributed by atoms with van der Waals surface area (Å²) in [6.45, 7) is -0.763. The summed E-state index contributed by atoms with van der Waals surface area (Å²) >= 11 is 12.1. The molecular formula is C26H15Cl2F3N6O2. The molecular weight excluding hydrogens is 556 g/mol. The standard InChI is InChI=1S/C26H15Cl2F3N6O2/c1-35-12-33-22(34-35)11-37-25(38)23-19(29)7-15(16-4-13(9-32)2-3-17(16)27)8-21(23)36(26(37)39)10-14-5-18(28)24(31)20(30)6-14/h2-8,12H,10-11H2,1H3. The molecule has 3 aromatic carbocycles. The van der Waals surface area contributed by atoms with Crippen LogP contribution in [-0.4, -0.2) is 23.9 Å². The largest absolute Gasteiger partial charge is 0.332 e. The summed E-state index contributed by atoms with van der Waals surface area (Å²) in [5.41, 5.74) is -1.15. The Bertz CT molecular complexity index is 1940. The molecule has 0 aliphatic rings. The predicted octanol–water partition coefficient (Wildman–Crippen LogP) is 4.65. The first kappa shape index (κ1) is 26.2. The van der Waals surface area contributed by atoms with Gasteiger partial charge < -0.3 is 0 Å². The van der Waals surface area contributed by atoms with Crippen LogP contribution >= 0.6 is 23.2 Å². The lowest BCUT2D eigenvalue weighted by atomic mass is 10.0. The smallest absolute Gasteiger partial charge is 0.289 e. The first-order valence-electron chi connectivity index (χ1n) is 11.2. The van der Waals surface area contributed by atoms with Crippen molar-refractivity contribution in [1.82, 2.24) is 23.9 Å². The summed E-state index contributed by atoms with van der Waals surface area (Å²) in [6.07, 6.45) is 1.37. The lowest BCUT2D eigenvalue weighted by Crippen LogP contribution is -2.41. The molecule has 0 spiro atoms. The van der Waals surface area contributed by atoms with Crippen LogP contribution in [0.4, 0.5) is 13.2 Å². The van der Waals surface area contributed by atoms with E-state index in [4.69, 9.17) is 23.2 Å². The number of fused-ring (bicyclic) bond motifs is 1. The van der Waals surface area contributed by atoms with Crippen molar-refractivity contribution in [2.75, 3.05) is 0 Å². The highest BCUT2D eigenvalue weighted by atomic mass is 35.5. The molecule has 0 unspecified atom stereocenters. The van der Waals surface area contributed by atoms with Gasteiger partial charge in [-0.05, 0) is 53.6 Å². The number of hydrogen-bond acceptors (Lipinski definition) is 5. The number of hydrogen-bond donors (Lipinski definition) is 0. The molecule has 13 heteroatoms. The molecule has 39 heavy (non-hydrogen) atoms. The average Bonchev–Trinajstić information content (AvgIpc) is 3.31. The lowest BCUT2D eigenvalue weighted by molar-refractivity contribution is 0.506. The van der Waals surface area contributed by atoms with Gasteiger partial charge in [0.05, 0.1) is 40.6 Å². The predicted molar refractivity (Wildman–Crippen MR) is 138 cm³/mol. The summed E-state index contributed by atoms with van der Waals surface area (Å²) in [4.78, 5) is 31.1. The molecule has 0 radical (unpaired) electrons. The van der Waals surface area contributed by atoms with Gasteiger partial charge in [-0.3, -0.25) is 18.6 Å². The van der Waals surface area contributed by atoms with Crippen LogP contribution in [0, 0.1) is 28.8 Å². The van der Waals surface area contributed by atoms with Gasteiger partial charge in [0.15, 0.2) is 17.5 Å². The normalized spacial score (nSPS) is 11.2. The van der Waals surface area contributed by atoms with Gasteiger partial charge in [-0.25, -0.2) is 22.9 Å². The molecule has 8 nitrogen and oxygen atoms in total. The second-order valence-electron chi connectivity index (χ2n) is 8.63. The van der Waals surface area contributed by atoms with Crippen LogP contribution in [0.5, 0.6) is 0 Å². The van der Waals surface area contributed by atoms with E-state index in [-0.39, 0.29) is 45.2 Å². The van der Waals surface area contributed by atoms with Crippen molar-refractivity contribution in [2.45, 2.75) is 13.1 Å². The molecule has 2 aromatic heterocycles. The van der Waals surface area contributed by atoms with E-state index < -0.39 is 45.7 Å². The van der Waals surface area contributed by atoms with Crippen molar-refractivity contribution < 1.29 is 13.2 Å². The second kappa shape index (κ2) is 10.1. The van der Waals surface area contributed by atoms with E-state index in [0.717, 1.165) is 27.3 Å². The van der Waals surface area contributed by atoms with Crippen molar-refractivity contribution in [3.8, 4) is 17.2 Å². The lowest BCUT2D eigenvalue weighted by Gasteiger charge is -2.16. The molecule has 0 saturated heterocycles. The van der Waals surface area contributed by atoms with Gasteiger partial charge in [-0.1, -0.05) is 23.2 Å². The molecule has 2 heterocycles. The van der Waals surface area contributed by atoms with Crippen LogP contribution in [-0.2, 0) is 20.1 Å². The molecule has 5 aromatic rings. The van der Waals surface area contributed by atoms with Gasteiger partial charge >= 0.3 is 5.69 Å². The summed E-state index contributed by atoms with van der Waals surface area (Å²) in [6, 6.07) is 10.8. The number of benzene rings is 3. The zero-order valence-electron chi connectivity index (χ0n) is 19.9. The van der Waals surface area contributed by atoms with E-state index in [0.29, 0.717) is 0 Å². The quantitative estimate of drug-likeness (QED) is 0.286. The number of aryl methyl sites for hydroxylation is 1. The van der Waals surface area contributed by atoms with Crippen LogP contribution in [0.1, 0.15) is 17.0 Å². The van der Waals surface area contributed by atoms with Gasteiger partial charge in [-0.2, -0.15) is 10.4 Å². The molecule has 196 valence electrons. The third-order valence-electron chi connectivity index (χ3n) is 6.02. The average molecular weight is 571 g/mol. The van der Waals surface area contributed by atoms with Crippen LogP contribution in [0.3, 0.4) is 0 Å². The molecule has 5 rings (SSSR count). The van der Waals surface area contributed by atoms with E-state index in [9.17, 15) is 23.6 Å². The molecule has 0 aliphatic heterocycles. The van der Waals surface area contributed by atoms with Gasteiger partial charge in [0, 0.05) is 17.6 Å². The Morgan fingerprint density at radius 3 is 2.38 bits per heavy atom. The third-order valence-corrected chi connectivity index (χ3v) is 6.62. The first-order valence-corrected chi connectivity index (χ1v) is 12.0. The zero-order valence-corrected chi connectivity index (χ0v) is 21.4. The maximum Gasteiger partial charge on any atom is 0.332 e. The third kappa shape index (κ3) is 4.80. The maximum absolute atomic E-state index is 15.7. The topological polar surface area (TPSA) is 98.5 Å². The Morgan fingerprint density at radius 2 is 1.72 bits per heavy atom. The molecule has 0 saturated carbocycles. The summed E-state index contributed by atoms with van der Waals surface area (Å²) < 4.78 is 46.8. The van der Waals surface area contributed by atoms with Crippen molar-refractivity contribution in [2.24, 2.45) is 7.05 Å². The number of halogens is 5. The second-order valence-corrected chi connectivity index (χ2v) is 9.44. The minimum Gasteiger partial charge on any atom is -0.289 e. The molecule has 0 fully saturated rings. The molecule has 0 N–H and O–H groups in total. The number of nitrogens with zero attached hydrogens (tertiary/aromatic N) is 6. The Kier molecular flexibility index (Phi) is 6.76. The fourth-order valence-electron chi connectivity index (χ4n) is 4.23.